The topological polar surface area (TPSA) is 67.9 Å². The van der Waals surface area contributed by atoms with Gasteiger partial charge in [-0.25, -0.2) is 0 Å². The van der Waals surface area contributed by atoms with E-state index in [0.29, 0.717) is 18.7 Å². The molecule has 0 unspecified atom stereocenters. The van der Waals surface area contributed by atoms with E-state index >= 15 is 0 Å². The molecule has 1 aliphatic heterocycles. The predicted molar refractivity (Wildman–Crippen MR) is 105 cm³/mol. The molecular weight excluding hydrogens is 366 g/mol. The molecule has 2 aromatic rings. The fraction of sp³-hybridized carbons (Fsp3) is 0.250. The maximum Gasteiger partial charge on any atom is 0.276 e. The van der Waals surface area contributed by atoms with E-state index in [-0.39, 0.29) is 11.6 Å². The molecule has 1 heterocycles. The predicted octanol–water partition coefficient (Wildman–Crippen LogP) is 2.19. The summed E-state index contributed by atoms with van der Waals surface area (Å²) >= 11 is 6.03. The average molecular weight is 387 g/mol. The largest absolute Gasteiger partial charge is 0.328 e. The second kappa shape index (κ2) is 8.79. The number of halogens is 1. The molecule has 2 aromatic carbocycles. The monoisotopic (exact) mass is 386 g/mol. The summed E-state index contributed by atoms with van der Waals surface area (Å²) < 4.78 is 0. The molecule has 0 aromatic heterocycles. The minimum absolute atomic E-state index is 0.00247. The number of nitro benzene ring substituents is 1. The standard InChI is InChI=1S/C20H20ClN3O3/c21-18-6-3-4-16(14-18)15-22-10-12-23(13-11-22)20(25)9-8-17-5-1-2-7-19(17)24(26)27/h1-9,14H,10-13,15H2/p+1/b9-8+. The van der Waals surface area contributed by atoms with Gasteiger partial charge in [0, 0.05) is 22.7 Å². The third-order valence-electron chi connectivity index (χ3n) is 4.66. The first-order valence-corrected chi connectivity index (χ1v) is 9.19. The van der Waals surface area contributed by atoms with Gasteiger partial charge >= 0.3 is 0 Å². The molecule has 0 aliphatic carbocycles. The van der Waals surface area contributed by atoms with Crippen LogP contribution >= 0.6 is 11.6 Å². The number of nitro groups is 1. The van der Waals surface area contributed by atoms with Crippen LogP contribution in [-0.4, -0.2) is 41.9 Å². The first-order valence-electron chi connectivity index (χ1n) is 8.81. The van der Waals surface area contributed by atoms with Crippen LogP contribution in [0, 0.1) is 10.1 Å². The molecule has 1 saturated heterocycles. The van der Waals surface area contributed by atoms with Crippen LogP contribution in [0.25, 0.3) is 6.08 Å². The second-order valence-electron chi connectivity index (χ2n) is 6.53. The van der Waals surface area contributed by atoms with Gasteiger partial charge < -0.3 is 9.80 Å². The highest BCUT2D eigenvalue weighted by atomic mass is 35.5. The molecule has 0 atom stereocenters. The highest BCUT2D eigenvalue weighted by Crippen LogP contribution is 2.19. The van der Waals surface area contributed by atoms with Gasteiger partial charge in [-0.15, -0.1) is 0 Å². The number of para-hydroxylation sites is 1. The lowest BCUT2D eigenvalue weighted by Gasteiger charge is -2.31. The maximum atomic E-state index is 12.4. The minimum Gasteiger partial charge on any atom is -0.328 e. The number of hydrogen-bond acceptors (Lipinski definition) is 3. The molecule has 0 radical (unpaired) electrons. The molecule has 6 nitrogen and oxygen atoms in total. The normalized spacial score (nSPS) is 15.2. The third kappa shape index (κ3) is 5.15. The van der Waals surface area contributed by atoms with Crippen molar-refractivity contribution in [2.24, 2.45) is 0 Å². The van der Waals surface area contributed by atoms with Gasteiger partial charge in [-0.05, 0) is 24.3 Å². The summed E-state index contributed by atoms with van der Waals surface area (Å²) in [5.74, 6) is -0.116. The molecule has 1 aliphatic rings. The van der Waals surface area contributed by atoms with Crippen molar-refractivity contribution in [2.75, 3.05) is 26.2 Å². The number of nitrogens with zero attached hydrogens (tertiary/aromatic N) is 2. The van der Waals surface area contributed by atoms with Crippen molar-refractivity contribution in [3.8, 4) is 0 Å². The molecule has 7 heteroatoms. The molecule has 27 heavy (non-hydrogen) atoms. The van der Waals surface area contributed by atoms with Crippen LogP contribution in [0.15, 0.2) is 54.6 Å². The molecule has 1 N–H and O–H groups in total. The zero-order valence-electron chi connectivity index (χ0n) is 14.8. The van der Waals surface area contributed by atoms with Gasteiger partial charge in [-0.2, -0.15) is 0 Å². The van der Waals surface area contributed by atoms with Gasteiger partial charge in [0.1, 0.15) is 6.54 Å². The first-order chi connectivity index (χ1) is 13.0. The number of piperazine rings is 1. The van der Waals surface area contributed by atoms with Gasteiger partial charge in [0.2, 0.25) is 5.91 Å². The van der Waals surface area contributed by atoms with Crippen molar-refractivity contribution in [3.05, 3.63) is 80.9 Å². The number of carbonyl (C=O) groups excluding carboxylic acids is 1. The Hall–Kier alpha value is -2.70. The molecule has 0 saturated carbocycles. The number of benzene rings is 2. The lowest BCUT2D eigenvalue weighted by Crippen LogP contribution is -3.13. The van der Waals surface area contributed by atoms with E-state index in [1.54, 1.807) is 23.1 Å². The number of rotatable bonds is 5. The summed E-state index contributed by atoms with van der Waals surface area (Å²) in [6.45, 7) is 3.93. The van der Waals surface area contributed by atoms with Gasteiger partial charge in [0.25, 0.3) is 5.69 Å². The zero-order chi connectivity index (χ0) is 19.2. The quantitative estimate of drug-likeness (QED) is 0.486. The number of quaternary nitrogens is 1. The summed E-state index contributed by atoms with van der Waals surface area (Å²) in [6, 6.07) is 14.2. The van der Waals surface area contributed by atoms with Crippen molar-refractivity contribution < 1.29 is 14.6 Å². The number of amides is 1. The average Bonchev–Trinajstić information content (AvgIpc) is 2.67. The summed E-state index contributed by atoms with van der Waals surface area (Å²) in [7, 11) is 0. The van der Waals surface area contributed by atoms with Gasteiger partial charge in [-0.3, -0.25) is 14.9 Å². The van der Waals surface area contributed by atoms with Crippen LogP contribution in [0.3, 0.4) is 0 Å². The van der Waals surface area contributed by atoms with Crippen LogP contribution in [0.2, 0.25) is 5.02 Å². The van der Waals surface area contributed by atoms with E-state index in [4.69, 9.17) is 11.6 Å². The van der Waals surface area contributed by atoms with Crippen molar-refractivity contribution in [2.45, 2.75) is 6.54 Å². The Kier molecular flexibility index (Phi) is 6.21. The Bertz CT molecular complexity index is 861. The summed E-state index contributed by atoms with van der Waals surface area (Å²) in [6.07, 6.45) is 2.94. The lowest BCUT2D eigenvalue weighted by atomic mass is 10.1. The Labute approximate surface area is 162 Å². The minimum atomic E-state index is -0.442. The molecular formula is C20H21ClN3O3+. The van der Waals surface area contributed by atoms with Crippen molar-refractivity contribution in [1.29, 1.82) is 0 Å². The van der Waals surface area contributed by atoms with Crippen molar-refractivity contribution in [3.63, 3.8) is 0 Å². The van der Waals surface area contributed by atoms with Crippen LogP contribution in [0.4, 0.5) is 5.69 Å². The summed E-state index contributed by atoms with van der Waals surface area (Å²) in [5.41, 5.74) is 1.62. The Balaban J connectivity index is 1.55. The van der Waals surface area contributed by atoms with E-state index in [1.165, 1.54) is 28.7 Å². The number of carbonyl (C=O) groups is 1. The summed E-state index contributed by atoms with van der Waals surface area (Å²) in [4.78, 5) is 26.2. The fourth-order valence-corrected chi connectivity index (χ4v) is 3.43. The van der Waals surface area contributed by atoms with Gasteiger partial charge in [-0.1, -0.05) is 35.9 Å². The SMILES string of the molecule is O=C(/C=C/c1ccccc1[N+](=O)[O-])N1CC[NH+](Cc2cccc(Cl)c2)CC1. The Morgan fingerprint density at radius 3 is 2.63 bits per heavy atom. The molecule has 1 fully saturated rings. The molecule has 1 amide bonds. The van der Waals surface area contributed by atoms with Crippen molar-refractivity contribution >= 4 is 29.3 Å². The van der Waals surface area contributed by atoms with E-state index in [9.17, 15) is 14.9 Å². The van der Waals surface area contributed by atoms with Crippen LogP contribution < -0.4 is 4.90 Å². The number of nitrogens with one attached hydrogen (secondary N) is 1. The molecule has 3 rings (SSSR count). The van der Waals surface area contributed by atoms with Gasteiger partial charge in [0.15, 0.2) is 0 Å². The van der Waals surface area contributed by atoms with E-state index in [1.807, 2.05) is 18.2 Å². The highest BCUT2D eigenvalue weighted by Gasteiger charge is 2.22. The molecule has 0 spiro atoms. The Morgan fingerprint density at radius 2 is 1.93 bits per heavy atom. The fourth-order valence-electron chi connectivity index (χ4n) is 3.22. The smallest absolute Gasteiger partial charge is 0.276 e. The van der Waals surface area contributed by atoms with E-state index in [0.717, 1.165) is 24.7 Å². The molecule has 140 valence electrons. The van der Waals surface area contributed by atoms with E-state index in [2.05, 4.69) is 6.07 Å². The van der Waals surface area contributed by atoms with E-state index < -0.39 is 4.92 Å². The first kappa shape index (κ1) is 19.1. The Morgan fingerprint density at radius 1 is 1.19 bits per heavy atom. The van der Waals surface area contributed by atoms with Crippen LogP contribution in [0.1, 0.15) is 11.1 Å². The second-order valence-corrected chi connectivity index (χ2v) is 6.97. The van der Waals surface area contributed by atoms with Crippen molar-refractivity contribution in [1.82, 2.24) is 4.90 Å². The highest BCUT2D eigenvalue weighted by molar-refractivity contribution is 6.30. The van der Waals surface area contributed by atoms with Crippen LogP contribution in [-0.2, 0) is 11.3 Å². The molecule has 0 bridgehead atoms. The lowest BCUT2D eigenvalue weighted by molar-refractivity contribution is -0.917. The van der Waals surface area contributed by atoms with Crippen LogP contribution in [0.5, 0.6) is 0 Å². The maximum absolute atomic E-state index is 12.4. The number of hydrogen-bond donors (Lipinski definition) is 1. The zero-order valence-corrected chi connectivity index (χ0v) is 15.6. The summed E-state index contributed by atoms with van der Waals surface area (Å²) in [5, 5.41) is 11.8. The van der Waals surface area contributed by atoms with Gasteiger partial charge in [0.05, 0.1) is 36.7 Å². The third-order valence-corrected chi connectivity index (χ3v) is 4.90.